The molecule has 5 heteroatoms. The predicted octanol–water partition coefficient (Wildman–Crippen LogP) is 1.33. The molecule has 0 aliphatic carbocycles. The molecule has 110 valence electrons. The maximum atomic E-state index is 12.0. The maximum absolute atomic E-state index is 12.0. The van der Waals surface area contributed by atoms with Gasteiger partial charge in [-0.05, 0) is 31.1 Å². The third-order valence-corrected chi connectivity index (χ3v) is 3.64. The van der Waals surface area contributed by atoms with Crippen LogP contribution < -0.4 is 5.32 Å². The number of nitrogens with zero attached hydrogens (tertiary/aromatic N) is 1. The summed E-state index contributed by atoms with van der Waals surface area (Å²) in [6, 6.07) is -0.632. The monoisotopic (exact) mass is 270 g/mol. The minimum absolute atomic E-state index is 0.0157. The molecule has 1 amide bonds. The van der Waals surface area contributed by atoms with Gasteiger partial charge in [-0.25, -0.2) is 0 Å². The highest BCUT2D eigenvalue weighted by Gasteiger charge is 2.23. The highest BCUT2D eigenvalue weighted by atomic mass is 16.4. The van der Waals surface area contributed by atoms with Crippen molar-refractivity contribution >= 4 is 11.9 Å². The number of likely N-dealkylation sites (tertiary alicyclic amines) is 1. The molecule has 1 aliphatic heterocycles. The van der Waals surface area contributed by atoms with E-state index in [9.17, 15) is 9.59 Å². The fourth-order valence-corrected chi connectivity index (χ4v) is 2.32. The third kappa shape index (κ3) is 5.59. The number of carboxylic acid groups (broad SMARTS) is 1. The van der Waals surface area contributed by atoms with Crippen LogP contribution in [0.4, 0.5) is 0 Å². The van der Waals surface area contributed by atoms with Crippen LogP contribution in [0.3, 0.4) is 0 Å². The lowest BCUT2D eigenvalue weighted by molar-refractivity contribution is -0.140. The lowest BCUT2D eigenvalue weighted by Crippen LogP contribution is -2.47. The normalized spacial score (nSPS) is 18.6. The summed E-state index contributed by atoms with van der Waals surface area (Å²) in [6.45, 7) is 7.87. The Morgan fingerprint density at radius 3 is 2.37 bits per heavy atom. The first-order chi connectivity index (χ1) is 8.90. The van der Waals surface area contributed by atoms with Gasteiger partial charge in [0.25, 0.3) is 0 Å². The lowest BCUT2D eigenvalue weighted by atomic mass is 9.99. The lowest BCUT2D eigenvalue weighted by Gasteiger charge is -2.30. The Kier molecular flexibility index (Phi) is 6.28. The number of nitrogens with one attached hydrogen (secondary N) is 1. The predicted molar refractivity (Wildman–Crippen MR) is 73.9 cm³/mol. The Balaban J connectivity index is 2.37. The number of aliphatic carboxylic acids is 1. The van der Waals surface area contributed by atoms with Crippen molar-refractivity contribution in [2.75, 3.05) is 19.6 Å². The van der Waals surface area contributed by atoms with Gasteiger partial charge in [-0.1, -0.05) is 20.8 Å². The Morgan fingerprint density at radius 1 is 1.32 bits per heavy atom. The van der Waals surface area contributed by atoms with Gasteiger partial charge in [0.1, 0.15) is 6.04 Å². The molecule has 1 saturated heterocycles. The van der Waals surface area contributed by atoms with Crippen molar-refractivity contribution in [3.63, 3.8) is 0 Å². The Morgan fingerprint density at radius 2 is 1.89 bits per heavy atom. The minimum atomic E-state index is -0.881. The smallest absolute Gasteiger partial charge is 0.320 e. The number of carbonyl (C=O) groups is 2. The quantitative estimate of drug-likeness (QED) is 0.764. The van der Waals surface area contributed by atoms with Gasteiger partial charge >= 0.3 is 5.97 Å². The average molecular weight is 270 g/mol. The van der Waals surface area contributed by atoms with E-state index in [0.717, 1.165) is 25.9 Å². The second kappa shape index (κ2) is 7.48. The standard InChI is InChI=1S/C14H26N2O3/c1-10(2)8-12(14(18)19)15-9-13(17)16-6-4-11(3)5-7-16/h10-12,15H,4-9H2,1-3H3,(H,18,19). The van der Waals surface area contributed by atoms with E-state index in [2.05, 4.69) is 12.2 Å². The Bertz CT molecular complexity index is 310. The fraction of sp³-hybridized carbons (Fsp3) is 0.857. The number of carboxylic acids is 1. The number of piperidine rings is 1. The highest BCUT2D eigenvalue weighted by molar-refractivity contribution is 5.80. The van der Waals surface area contributed by atoms with Gasteiger partial charge in [0.2, 0.25) is 5.91 Å². The molecule has 0 aromatic rings. The first-order valence-electron chi connectivity index (χ1n) is 7.14. The fourth-order valence-electron chi connectivity index (χ4n) is 2.32. The van der Waals surface area contributed by atoms with Gasteiger partial charge < -0.3 is 10.0 Å². The van der Waals surface area contributed by atoms with E-state index in [1.54, 1.807) is 0 Å². The van der Waals surface area contributed by atoms with Crippen LogP contribution in [0.1, 0.15) is 40.0 Å². The summed E-state index contributed by atoms with van der Waals surface area (Å²) in [7, 11) is 0. The molecule has 1 atom stereocenters. The van der Waals surface area contributed by atoms with Crippen LogP contribution in [0.2, 0.25) is 0 Å². The van der Waals surface area contributed by atoms with E-state index in [-0.39, 0.29) is 12.5 Å². The Labute approximate surface area is 115 Å². The van der Waals surface area contributed by atoms with Gasteiger partial charge in [0, 0.05) is 13.1 Å². The zero-order valence-corrected chi connectivity index (χ0v) is 12.2. The van der Waals surface area contributed by atoms with Crippen LogP contribution in [0, 0.1) is 11.8 Å². The summed E-state index contributed by atoms with van der Waals surface area (Å²) < 4.78 is 0. The van der Waals surface area contributed by atoms with E-state index < -0.39 is 12.0 Å². The van der Waals surface area contributed by atoms with E-state index in [1.807, 2.05) is 18.7 Å². The molecule has 1 unspecified atom stereocenters. The number of hydrogen-bond acceptors (Lipinski definition) is 3. The van der Waals surface area contributed by atoms with Crippen LogP contribution in [-0.2, 0) is 9.59 Å². The summed E-state index contributed by atoms with van der Waals surface area (Å²) in [5.74, 6) is 0.111. The molecule has 1 rings (SSSR count). The molecule has 0 radical (unpaired) electrons. The summed E-state index contributed by atoms with van der Waals surface area (Å²) in [4.78, 5) is 24.9. The molecule has 1 heterocycles. The van der Waals surface area contributed by atoms with Crippen molar-refractivity contribution in [1.82, 2.24) is 10.2 Å². The molecule has 0 bridgehead atoms. The molecule has 0 aromatic carbocycles. The summed E-state index contributed by atoms with van der Waals surface area (Å²) in [5.41, 5.74) is 0. The highest BCUT2D eigenvalue weighted by Crippen LogP contribution is 2.15. The number of rotatable bonds is 6. The zero-order chi connectivity index (χ0) is 14.4. The van der Waals surface area contributed by atoms with Gasteiger partial charge in [-0.2, -0.15) is 0 Å². The second-order valence-electron chi connectivity index (χ2n) is 5.96. The number of amides is 1. The molecule has 0 aromatic heterocycles. The van der Waals surface area contributed by atoms with E-state index in [0.29, 0.717) is 18.3 Å². The van der Waals surface area contributed by atoms with Crippen molar-refractivity contribution < 1.29 is 14.7 Å². The van der Waals surface area contributed by atoms with Crippen LogP contribution in [0.25, 0.3) is 0 Å². The molecule has 19 heavy (non-hydrogen) atoms. The summed E-state index contributed by atoms with van der Waals surface area (Å²) in [6.07, 6.45) is 2.62. The first-order valence-corrected chi connectivity index (χ1v) is 7.14. The van der Waals surface area contributed by atoms with Crippen LogP contribution in [0.15, 0.2) is 0 Å². The van der Waals surface area contributed by atoms with E-state index in [4.69, 9.17) is 5.11 Å². The van der Waals surface area contributed by atoms with Gasteiger partial charge in [-0.15, -0.1) is 0 Å². The molecule has 0 spiro atoms. The molecule has 1 aliphatic rings. The van der Waals surface area contributed by atoms with Crippen molar-refractivity contribution in [3.8, 4) is 0 Å². The summed E-state index contributed by atoms with van der Waals surface area (Å²) in [5, 5.41) is 12.0. The zero-order valence-electron chi connectivity index (χ0n) is 12.2. The van der Waals surface area contributed by atoms with E-state index >= 15 is 0 Å². The summed E-state index contributed by atoms with van der Waals surface area (Å²) >= 11 is 0. The van der Waals surface area contributed by atoms with Crippen LogP contribution in [-0.4, -0.2) is 47.6 Å². The second-order valence-corrected chi connectivity index (χ2v) is 5.96. The van der Waals surface area contributed by atoms with Gasteiger partial charge in [-0.3, -0.25) is 14.9 Å². The number of carbonyl (C=O) groups excluding carboxylic acids is 1. The molecule has 1 fully saturated rings. The number of hydrogen-bond donors (Lipinski definition) is 2. The minimum Gasteiger partial charge on any atom is -0.480 e. The average Bonchev–Trinajstić information content (AvgIpc) is 2.34. The molecule has 5 nitrogen and oxygen atoms in total. The van der Waals surface area contributed by atoms with Crippen molar-refractivity contribution in [1.29, 1.82) is 0 Å². The molecule has 2 N–H and O–H groups in total. The van der Waals surface area contributed by atoms with Crippen LogP contribution in [0.5, 0.6) is 0 Å². The largest absolute Gasteiger partial charge is 0.480 e. The van der Waals surface area contributed by atoms with Gasteiger partial charge in [0.05, 0.1) is 6.54 Å². The molecular weight excluding hydrogens is 244 g/mol. The third-order valence-electron chi connectivity index (χ3n) is 3.64. The van der Waals surface area contributed by atoms with Crippen LogP contribution >= 0.6 is 0 Å². The maximum Gasteiger partial charge on any atom is 0.320 e. The van der Waals surface area contributed by atoms with Crippen molar-refractivity contribution in [3.05, 3.63) is 0 Å². The Hall–Kier alpha value is -1.10. The van der Waals surface area contributed by atoms with Gasteiger partial charge in [0.15, 0.2) is 0 Å². The van der Waals surface area contributed by atoms with Crippen molar-refractivity contribution in [2.24, 2.45) is 11.8 Å². The SMILES string of the molecule is CC(C)CC(NCC(=O)N1CCC(C)CC1)C(=O)O. The first kappa shape index (κ1) is 16.0. The molecule has 0 saturated carbocycles. The van der Waals surface area contributed by atoms with E-state index in [1.165, 1.54) is 0 Å². The topological polar surface area (TPSA) is 69.6 Å². The van der Waals surface area contributed by atoms with Crippen molar-refractivity contribution in [2.45, 2.75) is 46.1 Å². The molecular formula is C14H26N2O3.